The average Bonchev–Trinajstić information content (AvgIpc) is 2.51. The molecule has 0 fully saturated rings. The highest BCUT2D eigenvalue weighted by atomic mass is 32.2. The second-order valence-corrected chi connectivity index (χ2v) is 4.72. The molecule has 1 aromatic heterocycles. The average molecular weight is 219 g/mol. The summed E-state index contributed by atoms with van der Waals surface area (Å²) in [7, 11) is -3.58. The first-order chi connectivity index (χ1) is 6.45. The standard InChI is InChI=1S/C7H13N3O3S/c1-5(4-11)10-14(12,13)7-3-8-6(2)9-7/h3,5,10-11H,4H2,1-2H3,(H,8,9). The van der Waals surface area contributed by atoms with Crippen molar-refractivity contribution in [2.24, 2.45) is 0 Å². The molecule has 1 heterocycles. The SMILES string of the molecule is Cc1ncc(S(=O)(=O)NC(C)CO)[nH]1. The van der Waals surface area contributed by atoms with Gasteiger partial charge in [-0.05, 0) is 13.8 Å². The van der Waals surface area contributed by atoms with Crippen LogP contribution >= 0.6 is 0 Å². The number of sulfonamides is 1. The first-order valence-corrected chi connectivity index (χ1v) is 5.59. The minimum atomic E-state index is -3.58. The number of imidazole rings is 1. The van der Waals surface area contributed by atoms with E-state index in [0.717, 1.165) is 0 Å². The van der Waals surface area contributed by atoms with Gasteiger partial charge < -0.3 is 10.1 Å². The Kier molecular flexibility index (Phi) is 3.25. The summed E-state index contributed by atoms with van der Waals surface area (Å²) in [4.78, 5) is 6.38. The Morgan fingerprint density at radius 1 is 1.71 bits per heavy atom. The molecule has 1 aromatic rings. The third-order valence-electron chi connectivity index (χ3n) is 1.60. The lowest BCUT2D eigenvalue weighted by molar-refractivity contribution is 0.265. The lowest BCUT2D eigenvalue weighted by Gasteiger charge is -2.09. The zero-order chi connectivity index (χ0) is 10.8. The maximum Gasteiger partial charge on any atom is 0.257 e. The van der Waals surface area contributed by atoms with Crippen LogP contribution in [-0.2, 0) is 10.0 Å². The van der Waals surface area contributed by atoms with Crippen LogP contribution in [0.3, 0.4) is 0 Å². The summed E-state index contributed by atoms with van der Waals surface area (Å²) >= 11 is 0. The molecule has 0 bridgehead atoms. The molecular formula is C7H13N3O3S. The molecule has 0 aromatic carbocycles. The zero-order valence-electron chi connectivity index (χ0n) is 7.98. The minimum Gasteiger partial charge on any atom is -0.395 e. The topological polar surface area (TPSA) is 95.1 Å². The van der Waals surface area contributed by atoms with Crippen molar-refractivity contribution in [2.75, 3.05) is 6.61 Å². The first kappa shape index (κ1) is 11.2. The number of aromatic amines is 1. The van der Waals surface area contributed by atoms with Crippen LogP contribution in [0.5, 0.6) is 0 Å². The van der Waals surface area contributed by atoms with E-state index in [-0.39, 0.29) is 11.6 Å². The van der Waals surface area contributed by atoms with Crippen LogP contribution in [0.15, 0.2) is 11.2 Å². The van der Waals surface area contributed by atoms with Gasteiger partial charge in [-0.25, -0.2) is 18.1 Å². The number of aliphatic hydroxyl groups excluding tert-OH is 1. The van der Waals surface area contributed by atoms with Gasteiger partial charge in [0.15, 0.2) is 5.03 Å². The maximum absolute atomic E-state index is 11.5. The van der Waals surface area contributed by atoms with Gasteiger partial charge in [-0.15, -0.1) is 0 Å². The van der Waals surface area contributed by atoms with Crippen LogP contribution < -0.4 is 4.72 Å². The van der Waals surface area contributed by atoms with E-state index in [2.05, 4.69) is 14.7 Å². The molecule has 6 nitrogen and oxygen atoms in total. The number of rotatable bonds is 4. The summed E-state index contributed by atoms with van der Waals surface area (Å²) in [5.41, 5.74) is 0. The third-order valence-corrected chi connectivity index (χ3v) is 3.10. The summed E-state index contributed by atoms with van der Waals surface area (Å²) in [6.45, 7) is 2.99. The number of nitrogens with one attached hydrogen (secondary N) is 2. The molecule has 0 aliphatic rings. The first-order valence-electron chi connectivity index (χ1n) is 4.10. The maximum atomic E-state index is 11.5. The van der Waals surface area contributed by atoms with Crippen LogP contribution in [0.1, 0.15) is 12.7 Å². The number of nitrogens with zero attached hydrogens (tertiary/aromatic N) is 1. The van der Waals surface area contributed by atoms with Gasteiger partial charge >= 0.3 is 0 Å². The summed E-state index contributed by atoms with van der Waals surface area (Å²) in [5.74, 6) is 0.530. The van der Waals surface area contributed by atoms with Crippen LogP contribution in [0.4, 0.5) is 0 Å². The molecule has 3 N–H and O–H groups in total. The molecule has 14 heavy (non-hydrogen) atoms. The van der Waals surface area contributed by atoms with Gasteiger partial charge in [0, 0.05) is 6.04 Å². The molecule has 0 radical (unpaired) electrons. The Balaban J connectivity index is 2.86. The molecule has 0 aliphatic heterocycles. The van der Waals surface area contributed by atoms with Gasteiger partial charge in [-0.1, -0.05) is 0 Å². The van der Waals surface area contributed by atoms with Gasteiger partial charge in [0.05, 0.1) is 12.8 Å². The summed E-state index contributed by atoms with van der Waals surface area (Å²) in [6.07, 6.45) is 1.24. The Hall–Kier alpha value is -0.920. The molecule has 7 heteroatoms. The number of aryl methyl sites for hydroxylation is 1. The van der Waals surface area contributed by atoms with Crippen LogP contribution in [0.2, 0.25) is 0 Å². The van der Waals surface area contributed by atoms with Crippen molar-refractivity contribution < 1.29 is 13.5 Å². The molecule has 0 saturated heterocycles. The van der Waals surface area contributed by atoms with Gasteiger partial charge in [-0.2, -0.15) is 0 Å². The Bertz CT molecular complexity index is 398. The predicted octanol–water partition coefficient (Wildman–Crippen LogP) is -0.623. The summed E-state index contributed by atoms with van der Waals surface area (Å²) in [5, 5.41) is 8.71. The molecule has 0 spiro atoms. The third kappa shape index (κ3) is 2.53. The fraction of sp³-hybridized carbons (Fsp3) is 0.571. The monoisotopic (exact) mass is 219 g/mol. The minimum absolute atomic E-state index is 0.00954. The second kappa shape index (κ2) is 4.07. The summed E-state index contributed by atoms with van der Waals surface area (Å²) < 4.78 is 25.3. The molecule has 1 unspecified atom stereocenters. The fourth-order valence-electron chi connectivity index (χ4n) is 0.900. The zero-order valence-corrected chi connectivity index (χ0v) is 8.80. The largest absolute Gasteiger partial charge is 0.395 e. The van der Waals surface area contributed by atoms with Crippen molar-refractivity contribution in [3.8, 4) is 0 Å². The highest BCUT2D eigenvalue weighted by molar-refractivity contribution is 7.89. The van der Waals surface area contributed by atoms with Crippen LogP contribution in [0.25, 0.3) is 0 Å². The number of H-pyrrole nitrogens is 1. The normalized spacial score (nSPS) is 14.2. The molecular weight excluding hydrogens is 206 g/mol. The molecule has 1 rings (SSSR count). The van der Waals surface area contributed by atoms with Crippen molar-refractivity contribution in [1.82, 2.24) is 14.7 Å². The molecule has 0 aliphatic carbocycles. The number of aromatic nitrogens is 2. The molecule has 0 saturated carbocycles. The molecule has 1 atom stereocenters. The van der Waals surface area contributed by atoms with Gasteiger partial charge in [-0.3, -0.25) is 0 Å². The van der Waals surface area contributed by atoms with E-state index in [1.165, 1.54) is 6.20 Å². The van der Waals surface area contributed by atoms with E-state index in [9.17, 15) is 8.42 Å². The highest BCUT2D eigenvalue weighted by Gasteiger charge is 2.18. The Morgan fingerprint density at radius 3 is 2.79 bits per heavy atom. The summed E-state index contributed by atoms with van der Waals surface area (Å²) in [6, 6.07) is -0.511. The number of aliphatic hydroxyl groups is 1. The molecule has 80 valence electrons. The van der Waals surface area contributed by atoms with Crippen molar-refractivity contribution in [2.45, 2.75) is 24.9 Å². The Morgan fingerprint density at radius 2 is 2.36 bits per heavy atom. The fourth-order valence-corrected chi connectivity index (χ4v) is 2.11. The van der Waals surface area contributed by atoms with E-state index in [4.69, 9.17) is 5.11 Å². The highest BCUT2D eigenvalue weighted by Crippen LogP contribution is 2.05. The van der Waals surface area contributed by atoms with E-state index >= 15 is 0 Å². The number of hydrogen-bond donors (Lipinski definition) is 3. The van der Waals surface area contributed by atoms with E-state index in [1.54, 1.807) is 13.8 Å². The lowest BCUT2D eigenvalue weighted by atomic mass is 10.4. The van der Waals surface area contributed by atoms with E-state index in [1.807, 2.05) is 0 Å². The van der Waals surface area contributed by atoms with Gasteiger partial charge in [0.1, 0.15) is 5.82 Å². The Labute approximate surface area is 82.4 Å². The van der Waals surface area contributed by atoms with Crippen molar-refractivity contribution in [3.63, 3.8) is 0 Å². The smallest absolute Gasteiger partial charge is 0.257 e. The van der Waals surface area contributed by atoms with Gasteiger partial charge in [0.2, 0.25) is 0 Å². The van der Waals surface area contributed by atoms with Gasteiger partial charge in [0.25, 0.3) is 10.0 Å². The van der Waals surface area contributed by atoms with Crippen molar-refractivity contribution in [1.29, 1.82) is 0 Å². The van der Waals surface area contributed by atoms with E-state index in [0.29, 0.717) is 5.82 Å². The van der Waals surface area contributed by atoms with E-state index < -0.39 is 16.1 Å². The van der Waals surface area contributed by atoms with Crippen LogP contribution in [-0.4, -0.2) is 36.1 Å². The van der Waals surface area contributed by atoms with Crippen molar-refractivity contribution in [3.05, 3.63) is 12.0 Å². The lowest BCUT2D eigenvalue weighted by Crippen LogP contribution is -2.35. The number of hydrogen-bond acceptors (Lipinski definition) is 4. The second-order valence-electron chi connectivity index (χ2n) is 3.04. The predicted molar refractivity (Wildman–Crippen MR) is 50.2 cm³/mol. The van der Waals surface area contributed by atoms with Crippen molar-refractivity contribution >= 4 is 10.0 Å². The quantitative estimate of drug-likeness (QED) is 0.628. The molecule has 0 amide bonds. The van der Waals surface area contributed by atoms with Crippen LogP contribution in [0, 0.1) is 6.92 Å².